The van der Waals surface area contributed by atoms with Crippen LogP contribution in [0.25, 0.3) is 0 Å². The third kappa shape index (κ3) is 3.03. The number of Topliss-reactive ketones (excluding diaryl/α,β-unsaturated/α-hetero) is 1. The van der Waals surface area contributed by atoms with Gasteiger partial charge in [-0.15, -0.1) is 0 Å². The molecule has 7 heteroatoms. The number of hydrogen-bond acceptors (Lipinski definition) is 6. The number of carbonyl (C=O) groups is 1. The topological polar surface area (TPSA) is 106 Å². The second kappa shape index (κ2) is 6.50. The molecule has 0 saturated carbocycles. The van der Waals surface area contributed by atoms with Gasteiger partial charge in [0.15, 0.2) is 17.3 Å². The van der Waals surface area contributed by atoms with Crippen LogP contribution in [0, 0.1) is 20.3 Å². The van der Waals surface area contributed by atoms with Crippen molar-refractivity contribution in [3.05, 3.63) is 44.1 Å². The number of nitrogens with zero attached hydrogens (tertiary/aromatic N) is 1. The van der Waals surface area contributed by atoms with Gasteiger partial charge in [-0.25, -0.2) is 0 Å². The predicted octanol–water partition coefficient (Wildman–Crippen LogP) is 3.46. The highest BCUT2D eigenvalue weighted by atomic mass is 127. The van der Waals surface area contributed by atoms with Gasteiger partial charge >= 0.3 is 0 Å². The van der Waals surface area contributed by atoms with Crippen molar-refractivity contribution >= 4 is 28.4 Å². The number of carbonyl (C=O) groups excluding carboxylic acids is 1. The molecule has 0 radical (unpaired) electrons. The van der Waals surface area contributed by atoms with Crippen LogP contribution in [-0.4, -0.2) is 18.0 Å². The fraction of sp³-hybridized carbons (Fsp3) is 0.368. The summed E-state index contributed by atoms with van der Waals surface area (Å²) in [4.78, 5) is 12.9. The van der Waals surface area contributed by atoms with E-state index in [0.29, 0.717) is 33.3 Å². The number of rotatable bonds is 2. The van der Waals surface area contributed by atoms with Crippen LogP contribution in [0.5, 0.6) is 11.5 Å². The molecule has 1 aliphatic heterocycles. The number of hydrogen-bond donors (Lipinski definition) is 2. The highest BCUT2D eigenvalue weighted by molar-refractivity contribution is 14.1. The average Bonchev–Trinajstić information content (AvgIpc) is 2.54. The second-order valence-electron chi connectivity index (χ2n) is 7.26. The first kappa shape index (κ1) is 18.6. The molecule has 0 amide bonds. The first-order chi connectivity index (χ1) is 12.2. The summed E-state index contributed by atoms with van der Waals surface area (Å²) in [6, 6.07) is 5.45. The average molecular weight is 466 g/mol. The van der Waals surface area contributed by atoms with E-state index in [1.807, 2.05) is 36.4 Å². The molecule has 0 bridgehead atoms. The van der Waals surface area contributed by atoms with Crippen LogP contribution in [0.2, 0.25) is 0 Å². The van der Waals surface area contributed by atoms with Gasteiger partial charge in [-0.2, -0.15) is 5.26 Å². The van der Waals surface area contributed by atoms with E-state index in [1.54, 1.807) is 12.1 Å². The van der Waals surface area contributed by atoms with Crippen molar-refractivity contribution in [3.63, 3.8) is 0 Å². The lowest BCUT2D eigenvalue weighted by Gasteiger charge is -2.37. The van der Waals surface area contributed by atoms with E-state index in [2.05, 4.69) is 6.07 Å². The molecule has 1 aliphatic carbocycles. The molecular weight excluding hydrogens is 447 g/mol. The summed E-state index contributed by atoms with van der Waals surface area (Å²) in [5.41, 5.74) is 7.10. The molecule has 3 N–H and O–H groups in total. The van der Waals surface area contributed by atoms with Crippen molar-refractivity contribution in [2.45, 2.75) is 32.6 Å². The quantitative estimate of drug-likeness (QED) is 0.647. The van der Waals surface area contributed by atoms with Crippen LogP contribution in [0.1, 0.15) is 38.2 Å². The number of ketones is 1. The standard InChI is InChI=1S/C19H19IN2O4/c1-19(2)6-12(23)16-14(7-19)26-18(22)10(8-21)15(16)9-4-11(20)17(24)13(5-9)25-3/h4-5,15,24H,6-7,22H2,1-3H3. The monoisotopic (exact) mass is 466 g/mol. The maximum absolute atomic E-state index is 12.9. The van der Waals surface area contributed by atoms with Crippen LogP contribution in [0.3, 0.4) is 0 Å². The first-order valence-electron chi connectivity index (χ1n) is 8.08. The summed E-state index contributed by atoms with van der Waals surface area (Å²) < 4.78 is 11.5. The number of allylic oxidation sites excluding steroid dienone is 3. The van der Waals surface area contributed by atoms with E-state index in [4.69, 9.17) is 15.2 Å². The molecule has 26 heavy (non-hydrogen) atoms. The van der Waals surface area contributed by atoms with Crippen molar-refractivity contribution in [1.29, 1.82) is 5.26 Å². The largest absolute Gasteiger partial charge is 0.504 e. The Morgan fingerprint density at radius 1 is 1.42 bits per heavy atom. The molecule has 6 nitrogen and oxygen atoms in total. The summed E-state index contributed by atoms with van der Waals surface area (Å²) in [6.45, 7) is 4.00. The molecule has 1 heterocycles. The van der Waals surface area contributed by atoms with E-state index in [-0.39, 0.29) is 34.2 Å². The predicted molar refractivity (Wildman–Crippen MR) is 103 cm³/mol. The second-order valence-corrected chi connectivity index (χ2v) is 8.42. The van der Waals surface area contributed by atoms with Crippen molar-refractivity contribution in [3.8, 4) is 17.6 Å². The SMILES string of the molecule is COc1cc(C2C(C#N)=C(N)OC3=C2C(=O)CC(C)(C)C3)cc(I)c1O. The van der Waals surface area contributed by atoms with Crippen LogP contribution in [0.4, 0.5) is 0 Å². The third-order valence-corrected chi connectivity index (χ3v) is 5.50. The summed E-state index contributed by atoms with van der Waals surface area (Å²) in [5.74, 6) is 0.155. The number of phenols is 1. The van der Waals surface area contributed by atoms with Gasteiger partial charge in [0.2, 0.25) is 5.88 Å². The van der Waals surface area contributed by atoms with E-state index in [1.165, 1.54) is 7.11 Å². The van der Waals surface area contributed by atoms with Gasteiger partial charge in [0.25, 0.3) is 0 Å². The Balaban J connectivity index is 2.24. The zero-order chi connectivity index (χ0) is 19.2. The third-order valence-electron chi connectivity index (χ3n) is 4.68. The summed E-state index contributed by atoms with van der Waals surface area (Å²) in [7, 11) is 1.45. The number of ether oxygens (including phenoxy) is 2. The minimum atomic E-state index is -0.629. The summed E-state index contributed by atoms with van der Waals surface area (Å²) >= 11 is 1.99. The molecule has 0 aromatic heterocycles. The van der Waals surface area contributed by atoms with Gasteiger partial charge in [-0.1, -0.05) is 13.8 Å². The number of benzene rings is 1. The molecule has 0 spiro atoms. The Morgan fingerprint density at radius 2 is 2.12 bits per heavy atom. The lowest BCUT2D eigenvalue weighted by Crippen LogP contribution is -2.33. The molecule has 2 aliphatic rings. The molecule has 136 valence electrons. The number of phenolic OH excluding ortho intramolecular Hbond substituents is 1. The van der Waals surface area contributed by atoms with E-state index < -0.39 is 5.92 Å². The van der Waals surface area contributed by atoms with Crippen molar-refractivity contribution in [1.82, 2.24) is 0 Å². The van der Waals surface area contributed by atoms with Crippen LogP contribution < -0.4 is 10.5 Å². The summed E-state index contributed by atoms with van der Waals surface area (Å²) in [5, 5.41) is 19.7. The minimum Gasteiger partial charge on any atom is -0.504 e. The van der Waals surface area contributed by atoms with Crippen LogP contribution in [-0.2, 0) is 9.53 Å². The number of nitrogens with two attached hydrogens (primary N) is 1. The molecule has 1 atom stereocenters. The zero-order valence-corrected chi connectivity index (χ0v) is 16.9. The van der Waals surface area contributed by atoms with E-state index in [9.17, 15) is 15.2 Å². The fourth-order valence-electron chi connectivity index (χ4n) is 3.53. The van der Waals surface area contributed by atoms with E-state index >= 15 is 0 Å². The van der Waals surface area contributed by atoms with Crippen LogP contribution in [0.15, 0.2) is 34.9 Å². The highest BCUT2D eigenvalue weighted by Crippen LogP contribution is 2.49. The molecule has 0 saturated heterocycles. The fourth-order valence-corrected chi connectivity index (χ4v) is 4.16. The van der Waals surface area contributed by atoms with Gasteiger partial charge in [0, 0.05) is 18.4 Å². The first-order valence-corrected chi connectivity index (χ1v) is 9.16. The Kier molecular flexibility index (Phi) is 4.65. The van der Waals surface area contributed by atoms with Crippen LogP contribution >= 0.6 is 22.6 Å². The number of methoxy groups -OCH3 is 1. The maximum atomic E-state index is 12.9. The summed E-state index contributed by atoms with van der Waals surface area (Å²) in [6.07, 6.45) is 0.937. The van der Waals surface area contributed by atoms with Gasteiger partial charge in [0.1, 0.15) is 17.4 Å². The Bertz CT molecular complexity index is 909. The molecule has 1 aromatic carbocycles. The van der Waals surface area contributed by atoms with Gasteiger partial charge < -0.3 is 20.3 Å². The number of aromatic hydroxyl groups is 1. The lowest BCUT2D eigenvalue weighted by atomic mass is 9.70. The van der Waals surface area contributed by atoms with E-state index in [0.717, 1.165) is 0 Å². The Hall–Kier alpha value is -2.21. The van der Waals surface area contributed by atoms with Gasteiger partial charge in [-0.05, 0) is 45.7 Å². The maximum Gasteiger partial charge on any atom is 0.205 e. The number of halogens is 1. The van der Waals surface area contributed by atoms with Crippen molar-refractivity contribution in [2.24, 2.45) is 11.1 Å². The lowest BCUT2D eigenvalue weighted by molar-refractivity contribution is -0.119. The molecular formula is C19H19IN2O4. The number of nitriles is 1. The van der Waals surface area contributed by atoms with Gasteiger partial charge in [0.05, 0.1) is 16.6 Å². The van der Waals surface area contributed by atoms with Crippen molar-refractivity contribution < 1.29 is 19.4 Å². The molecule has 1 aromatic rings. The van der Waals surface area contributed by atoms with Gasteiger partial charge in [-0.3, -0.25) is 4.79 Å². The minimum absolute atomic E-state index is 0.0174. The Labute approximate surface area is 165 Å². The molecule has 1 unspecified atom stereocenters. The smallest absolute Gasteiger partial charge is 0.205 e. The Morgan fingerprint density at radius 3 is 2.73 bits per heavy atom. The zero-order valence-electron chi connectivity index (χ0n) is 14.7. The van der Waals surface area contributed by atoms with Crippen molar-refractivity contribution in [2.75, 3.05) is 7.11 Å². The normalized spacial score (nSPS) is 21.8. The highest BCUT2D eigenvalue weighted by Gasteiger charge is 2.43. The molecule has 3 rings (SSSR count). The molecule has 0 fully saturated rings.